The van der Waals surface area contributed by atoms with Crippen LogP contribution in [0.5, 0.6) is 5.88 Å². The number of hydrogen-bond acceptors (Lipinski definition) is 4. The van der Waals surface area contributed by atoms with Gasteiger partial charge in [-0.3, -0.25) is 4.90 Å². The second kappa shape index (κ2) is 10.4. The Morgan fingerprint density at radius 3 is 2.97 bits per heavy atom. The molecule has 0 spiro atoms. The second-order valence-electron chi connectivity index (χ2n) is 9.49. The van der Waals surface area contributed by atoms with Gasteiger partial charge in [0.2, 0.25) is 5.88 Å². The average molecular weight is 526 g/mol. The molecule has 192 valence electrons. The molecule has 0 radical (unpaired) electrons. The van der Waals surface area contributed by atoms with Crippen LogP contribution in [-0.4, -0.2) is 34.1 Å². The van der Waals surface area contributed by atoms with Gasteiger partial charge in [0, 0.05) is 45.5 Å². The Kier molecular flexibility index (Phi) is 6.64. The molecule has 38 heavy (non-hydrogen) atoms. The maximum atomic E-state index is 13.0. The summed E-state index contributed by atoms with van der Waals surface area (Å²) < 4.78 is 11.5. The van der Waals surface area contributed by atoms with Crippen LogP contribution in [0.3, 0.4) is 0 Å². The van der Waals surface area contributed by atoms with E-state index in [0.717, 1.165) is 40.3 Å². The minimum Gasteiger partial charge on any atom is -0.450 e. The van der Waals surface area contributed by atoms with Gasteiger partial charge in [-0.2, -0.15) is 0 Å². The smallest absolute Gasteiger partial charge is 0.410 e. The number of hydrogen-bond donors (Lipinski definition) is 1. The zero-order chi connectivity index (χ0) is 26.1. The third-order valence-electron chi connectivity index (χ3n) is 7.15. The number of carbonyl (C=O) groups is 1. The topological polar surface area (TPSA) is 67.5 Å². The molecule has 1 amide bonds. The number of allylic oxidation sites excluding steroid dienone is 4. The van der Waals surface area contributed by atoms with E-state index < -0.39 is 0 Å². The Labute approximate surface area is 226 Å². The number of para-hydroxylation sites is 1. The zero-order valence-electron chi connectivity index (χ0n) is 21.1. The van der Waals surface area contributed by atoms with E-state index in [9.17, 15) is 4.79 Å². The Morgan fingerprint density at radius 1 is 1.18 bits per heavy atom. The molecule has 2 aromatic heterocycles. The molecule has 0 bridgehead atoms. The SMILES string of the molecule is CCOC(=O)N1CCc2c([nH]c3ccc(Cl)cc23)C1C1C=CC=C(Oc2ccc3ccccc3n2)C=CC1. The molecule has 2 unspecified atom stereocenters. The molecule has 6 rings (SSSR count). The molecule has 1 aliphatic heterocycles. The van der Waals surface area contributed by atoms with Crippen molar-refractivity contribution in [1.82, 2.24) is 14.9 Å². The highest BCUT2D eigenvalue weighted by atomic mass is 35.5. The third-order valence-corrected chi connectivity index (χ3v) is 7.38. The number of aromatic amines is 1. The summed E-state index contributed by atoms with van der Waals surface area (Å²) in [4.78, 5) is 23.1. The van der Waals surface area contributed by atoms with E-state index in [0.29, 0.717) is 29.8 Å². The summed E-state index contributed by atoms with van der Waals surface area (Å²) in [6.45, 7) is 2.76. The number of H-pyrrole nitrogens is 1. The van der Waals surface area contributed by atoms with E-state index in [-0.39, 0.29) is 18.1 Å². The number of rotatable bonds is 4. The van der Waals surface area contributed by atoms with Crippen LogP contribution in [-0.2, 0) is 11.2 Å². The molecule has 2 atom stereocenters. The lowest BCUT2D eigenvalue weighted by molar-refractivity contribution is 0.0756. The predicted molar refractivity (Wildman–Crippen MR) is 150 cm³/mol. The first kappa shape index (κ1) is 24.3. The maximum absolute atomic E-state index is 13.0. The lowest BCUT2D eigenvalue weighted by Gasteiger charge is -2.38. The summed E-state index contributed by atoms with van der Waals surface area (Å²) in [7, 11) is 0. The van der Waals surface area contributed by atoms with Crippen molar-refractivity contribution in [3.63, 3.8) is 0 Å². The highest BCUT2D eigenvalue weighted by molar-refractivity contribution is 6.31. The van der Waals surface area contributed by atoms with E-state index in [2.05, 4.69) is 22.1 Å². The Balaban J connectivity index is 1.30. The number of fused-ring (bicyclic) bond motifs is 4. The summed E-state index contributed by atoms with van der Waals surface area (Å²) in [6.07, 6.45) is 11.3. The highest BCUT2D eigenvalue weighted by Gasteiger charge is 2.38. The standard InChI is InChI=1S/C31H28ClN3O3/c1-2-37-31(36)35-18-17-24-25-19-22(32)14-15-27(25)34-29(24)30(35)21-8-5-10-23(11-6-9-21)38-28-16-13-20-7-3-4-12-26(20)33-28/h3-8,10-16,19,21,30,34H,2,9,17-18H2,1H3. The fraction of sp³-hybridized carbons (Fsp3) is 0.226. The molecule has 6 nitrogen and oxygen atoms in total. The van der Waals surface area contributed by atoms with Gasteiger partial charge in [-0.15, -0.1) is 0 Å². The van der Waals surface area contributed by atoms with Crippen LogP contribution < -0.4 is 4.74 Å². The average Bonchev–Trinajstić information content (AvgIpc) is 3.28. The molecular formula is C31H28ClN3O3. The van der Waals surface area contributed by atoms with Gasteiger partial charge in [0.15, 0.2) is 0 Å². The molecule has 7 heteroatoms. The normalized spacial score (nSPS) is 19.1. The van der Waals surface area contributed by atoms with E-state index >= 15 is 0 Å². The number of nitrogens with one attached hydrogen (secondary N) is 1. The predicted octanol–water partition coefficient (Wildman–Crippen LogP) is 7.52. The van der Waals surface area contributed by atoms with Crippen molar-refractivity contribution in [2.75, 3.05) is 13.2 Å². The number of carbonyl (C=O) groups excluding carboxylic acids is 1. The van der Waals surface area contributed by atoms with Crippen LogP contribution in [0, 0.1) is 5.92 Å². The summed E-state index contributed by atoms with van der Waals surface area (Å²) in [5, 5.41) is 2.89. The first-order valence-electron chi connectivity index (χ1n) is 12.9. The van der Waals surface area contributed by atoms with E-state index in [1.165, 1.54) is 5.56 Å². The number of aromatic nitrogens is 2. The van der Waals surface area contributed by atoms with Gasteiger partial charge in [-0.1, -0.05) is 48.0 Å². The van der Waals surface area contributed by atoms with Gasteiger partial charge in [0.1, 0.15) is 5.76 Å². The van der Waals surface area contributed by atoms with Gasteiger partial charge >= 0.3 is 6.09 Å². The summed E-state index contributed by atoms with van der Waals surface area (Å²) in [6, 6.07) is 17.6. The van der Waals surface area contributed by atoms with Crippen molar-refractivity contribution in [2.45, 2.75) is 25.8 Å². The molecule has 3 heterocycles. The fourth-order valence-corrected chi connectivity index (χ4v) is 5.61. The highest BCUT2D eigenvalue weighted by Crippen LogP contribution is 2.41. The monoisotopic (exact) mass is 525 g/mol. The molecule has 0 saturated heterocycles. The second-order valence-corrected chi connectivity index (χ2v) is 9.93. The fourth-order valence-electron chi connectivity index (χ4n) is 5.44. The van der Waals surface area contributed by atoms with Gasteiger partial charge in [-0.25, -0.2) is 9.78 Å². The largest absolute Gasteiger partial charge is 0.450 e. The van der Waals surface area contributed by atoms with Crippen LogP contribution >= 0.6 is 11.6 Å². The number of nitrogens with zero attached hydrogens (tertiary/aromatic N) is 2. The first-order chi connectivity index (χ1) is 18.6. The summed E-state index contributed by atoms with van der Waals surface area (Å²) in [5.74, 6) is 1.29. The van der Waals surface area contributed by atoms with Crippen molar-refractivity contribution in [3.05, 3.63) is 107 Å². The van der Waals surface area contributed by atoms with Crippen molar-refractivity contribution in [1.29, 1.82) is 0 Å². The Bertz CT molecular complexity index is 1600. The van der Waals surface area contributed by atoms with Crippen LogP contribution in [0.1, 0.15) is 30.6 Å². The van der Waals surface area contributed by atoms with Gasteiger partial charge in [0.25, 0.3) is 0 Å². The van der Waals surface area contributed by atoms with Crippen LogP contribution in [0.2, 0.25) is 5.02 Å². The van der Waals surface area contributed by atoms with E-state index in [1.807, 2.05) is 84.6 Å². The Morgan fingerprint density at radius 2 is 2.08 bits per heavy atom. The number of halogens is 1. The minimum absolute atomic E-state index is 0.0369. The third kappa shape index (κ3) is 4.68. The van der Waals surface area contributed by atoms with Gasteiger partial charge in [-0.05, 0) is 67.8 Å². The van der Waals surface area contributed by atoms with Gasteiger partial charge < -0.3 is 14.5 Å². The lowest BCUT2D eigenvalue weighted by Crippen LogP contribution is -2.43. The summed E-state index contributed by atoms with van der Waals surface area (Å²) in [5.41, 5.74) is 4.18. The van der Waals surface area contributed by atoms with Crippen molar-refractivity contribution in [2.24, 2.45) is 5.92 Å². The molecule has 1 aliphatic carbocycles. The Hall–Kier alpha value is -4.03. The van der Waals surface area contributed by atoms with Crippen LogP contribution in [0.15, 0.2) is 90.7 Å². The first-order valence-corrected chi connectivity index (χ1v) is 13.3. The van der Waals surface area contributed by atoms with E-state index in [1.54, 1.807) is 0 Å². The molecule has 4 aromatic rings. The molecule has 0 saturated carbocycles. The number of benzene rings is 2. The molecule has 0 fully saturated rings. The lowest BCUT2D eigenvalue weighted by atomic mass is 9.85. The molecule has 1 N–H and O–H groups in total. The maximum Gasteiger partial charge on any atom is 0.410 e. The molecular weight excluding hydrogens is 498 g/mol. The molecule has 2 aromatic carbocycles. The number of ether oxygens (including phenoxy) is 2. The number of amides is 1. The molecule has 2 aliphatic rings. The van der Waals surface area contributed by atoms with Crippen LogP contribution in [0.4, 0.5) is 4.79 Å². The zero-order valence-corrected chi connectivity index (χ0v) is 21.8. The summed E-state index contributed by atoms with van der Waals surface area (Å²) >= 11 is 6.32. The van der Waals surface area contributed by atoms with Crippen LogP contribution in [0.25, 0.3) is 21.8 Å². The van der Waals surface area contributed by atoms with Crippen molar-refractivity contribution in [3.8, 4) is 5.88 Å². The van der Waals surface area contributed by atoms with Gasteiger partial charge in [0.05, 0.1) is 18.2 Å². The van der Waals surface area contributed by atoms with Crippen molar-refractivity contribution < 1.29 is 14.3 Å². The number of pyridine rings is 1. The quantitative estimate of drug-likeness (QED) is 0.299. The van der Waals surface area contributed by atoms with E-state index in [4.69, 9.17) is 21.1 Å². The minimum atomic E-state index is -0.291. The van der Waals surface area contributed by atoms with Crippen molar-refractivity contribution >= 4 is 39.5 Å².